The second kappa shape index (κ2) is 6.01. The molecular formula is C13H15Cl3N4O. The van der Waals surface area contributed by atoms with E-state index in [1.54, 1.807) is 11.0 Å². The zero-order valence-electron chi connectivity index (χ0n) is 11.3. The van der Waals surface area contributed by atoms with Gasteiger partial charge in [-0.3, -0.25) is 9.48 Å². The molecule has 1 aliphatic heterocycles. The maximum absolute atomic E-state index is 11.9. The molecule has 0 bridgehead atoms. The lowest BCUT2D eigenvalue weighted by Gasteiger charge is -2.34. The first-order valence-corrected chi connectivity index (χ1v) is 7.14. The second-order valence-electron chi connectivity index (χ2n) is 4.83. The van der Waals surface area contributed by atoms with E-state index >= 15 is 0 Å². The molecule has 5 nitrogen and oxygen atoms in total. The number of fused-ring (bicyclic) bond motifs is 3. The molecule has 21 heavy (non-hydrogen) atoms. The molecular weight excluding hydrogens is 335 g/mol. The average Bonchev–Trinajstić information content (AvgIpc) is 2.83. The molecule has 0 unspecified atom stereocenters. The molecule has 1 amide bonds. The van der Waals surface area contributed by atoms with Crippen molar-refractivity contribution < 1.29 is 4.79 Å². The number of nitrogens with zero attached hydrogens (tertiary/aromatic N) is 3. The Hall–Kier alpha value is -1.01. The Morgan fingerprint density at radius 3 is 2.81 bits per heavy atom. The van der Waals surface area contributed by atoms with Crippen molar-refractivity contribution in [1.82, 2.24) is 14.7 Å². The summed E-state index contributed by atoms with van der Waals surface area (Å²) in [6, 6.07) is 3.57. The molecule has 0 saturated heterocycles. The molecule has 2 N–H and O–H groups in total. The molecule has 1 atom stereocenters. The van der Waals surface area contributed by atoms with Gasteiger partial charge < -0.3 is 10.6 Å². The third kappa shape index (κ3) is 2.48. The maximum atomic E-state index is 11.9. The van der Waals surface area contributed by atoms with Gasteiger partial charge in [0.15, 0.2) is 0 Å². The van der Waals surface area contributed by atoms with E-state index < -0.39 is 0 Å². The van der Waals surface area contributed by atoms with Crippen LogP contribution < -0.4 is 5.73 Å². The van der Waals surface area contributed by atoms with Crippen molar-refractivity contribution in [3.05, 3.63) is 27.9 Å². The topological polar surface area (TPSA) is 64.2 Å². The van der Waals surface area contributed by atoms with Gasteiger partial charge in [-0.25, -0.2) is 0 Å². The Morgan fingerprint density at radius 2 is 2.14 bits per heavy atom. The van der Waals surface area contributed by atoms with Gasteiger partial charge in [-0.15, -0.1) is 12.4 Å². The number of carbonyl (C=O) groups excluding carboxylic acids is 1. The van der Waals surface area contributed by atoms with Crippen LogP contribution in [0.15, 0.2) is 12.1 Å². The van der Waals surface area contributed by atoms with E-state index in [-0.39, 0.29) is 30.9 Å². The summed E-state index contributed by atoms with van der Waals surface area (Å²) < 4.78 is 1.90. The van der Waals surface area contributed by atoms with Crippen LogP contribution in [-0.4, -0.2) is 33.7 Å². The van der Waals surface area contributed by atoms with Crippen molar-refractivity contribution in [1.29, 1.82) is 0 Å². The fourth-order valence-electron chi connectivity index (χ4n) is 2.77. The van der Waals surface area contributed by atoms with Crippen LogP contribution in [-0.2, 0) is 11.3 Å². The number of amides is 1. The number of carbonyl (C=O) groups is 1. The molecule has 0 saturated carbocycles. The van der Waals surface area contributed by atoms with Gasteiger partial charge in [0, 0.05) is 11.9 Å². The number of hydrogen-bond acceptors (Lipinski definition) is 3. The third-order valence-corrected chi connectivity index (χ3v) is 4.55. The highest BCUT2D eigenvalue weighted by atomic mass is 35.5. The van der Waals surface area contributed by atoms with E-state index in [2.05, 4.69) is 5.10 Å². The van der Waals surface area contributed by atoms with Crippen molar-refractivity contribution in [3.63, 3.8) is 0 Å². The lowest BCUT2D eigenvalue weighted by Crippen LogP contribution is -2.43. The molecule has 0 aliphatic carbocycles. The SMILES string of the molecule is C[C@@H]1c2c3ccc(Cl)c(Cl)c3nn2CCN1C(=O)CN.Cl. The number of rotatable bonds is 1. The Morgan fingerprint density at radius 1 is 1.43 bits per heavy atom. The Bertz CT molecular complexity index is 700. The quantitative estimate of drug-likeness (QED) is 0.861. The Labute approximate surface area is 138 Å². The van der Waals surface area contributed by atoms with Crippen molar-refractivity contribution >= 4 is 52.4 Å². The lowest BCUT2D eigenvalue weighted by atomic mass is 10.1. The smallest absolute Gasteiger partial charge is 0.236 e. The minimum atomic E-state index is -0.0814. The first-order chi connectivity index (χ1) is 9.54. The summed E-state index contributed by atoms with van der Waals surface area (Å²) in [4.78, 5) is 13.7. The molecule has 0 spiro atoms. The highest BCUT2D eigenvalue weighted by Crippen LogP contribution is 2.36. The van der Waals surface area contributed by atoms with Crippen LogP contribution in [0.5, 0.6) is 0 Å². The zero-order valence-corrected chi connectivity index (χ0v) is 13.7. The number of nitrogens with two attached hydrogens (primary N) is 1. The molecule has 1 aliphatic rings. The third-order valence-electron chi connectivity index (χ3n) is 3.75. The van der Waals surface area contributed by atoms with Crippen molar-refractivity contribution in [2.45, 2.75) is 19.5 Å². The van der Waals surface area contributed by atoms with Crippen LogP contribution in [0, 0.1) is 0 Å². The summed E-state index contributed by atoms with van der Waals surface area (Å²) in [5, 5.41) is 6.38. The molecule has 8 heteroatoms. The normalized spacial score (nSPS) is 17.5. The standard InChI is InChI=1S/C13H14Cl2N4O.ClH/c1-7-13-8-2-3-9(14)11(15)12(8)17-19(13)5-4-18(7)10(20)6-16;/h2-3,7H,4-6,16H2,1H3;1H/t7-;/m1./s1. The van der Waals surface area contributed by atoms with Gasteiger partial charge in [-0.1, -0.05) is 23.2 Å². The number of halogens is 3. The van der Waals surface area contributed by atoms with Gasteiger partial charge in [0.05, 0.1) is 34.9 Å². The summed E-state index contributed by atoms with van der Waals surface area (Å²) in [6.45, 7) is 3.22. The first kappa shape index (κ1) is 16.4. The first-order valence-electron chi connectivity index (χ1n) is 6.38. The summed E-state index contributed by atoms with van der Waals surface area (Å²) in [6.07, 6.45) is 0. The largest absolute Gasteiger partial charge is 0.331 e. The molecule has 2 heterocycles. The predicted molar refractivity (Wildman–Crippen MR) is 86.2 cm³/mol. The van der Waals surface area contributed by atoms with Gasteiger partial charge in [-0.2, -0.15) is 5.10 Å². The summed E-state index contributed by atoms with van der Waals surface area (Å²) in [7, 11) is 0. The van der Waals surface area contributed by atoms with E-state index in [0.717, 1.165) is 11.1 Å². The van der Waals surface area contributed by atoms with Crippen molar-refractivity contribution in [2.75, 3.05) is 13.1 Å². The number of benzene rings is 1. The van der Waals surface area contributed by atoms with E-state index in [0.29, 0.717) is 28.7 Å². The molecule has 114 valence electrons. The van der Waals surface area contributed by atoms with E-state index in [1.807, 2.05) is 17.7 Å². The van der Waals surface area contributed by atoms with Crippen molar-refractivity contribution in [2.24, 2.45) is 5.73 Å². The molecule has 1 aromatic carbocycles. The fourth-order valence-corrected chi connectivity index (χ4v) is 3.13. The van der Waals surface area contributed by atoms with Crippen LogP contribution in [0.1, 0.15) is 18.7 Å². The monoisotopic (exact) mass is 348 g/mol. The Balaban J connectivity index is 0.00000161. The molecule has 3 rings (SSSR count). The fraction of sp³-hybridized carbons (Fsp3) is 0.385. The lowest BCUT2D eigenvalue weighted by molar-refractivity contribution is -0.132. The highest BCUT2D eigenvalue weighted by molar-refractivity contribution is 6.45. The number of hydrogen-bond donors (Lipinski definition) is 1. The molecule has 0 fully saturated rings. The minimum absolute atomic E-state index is 0. The van der Waals surface area contributed by atoms with Gasteiger partial charge in [0.25, 0.3) is 0 Å². The van der Waals surface area contributed by atoms with E-state index in [9.17, 15) is 4.79 Å². The van der Waals surface area contributed by atoms with Crippen molar-refractivity contribution in [3.8, 4) is 0 Å². The molecule has 1 aromatic heterocycles. The van der Waals surface area contributed by atoms with E-state index in [4.69, 9.17) is 28.9 Å². The number of aromatic nitrogens is 2. The average molecular weight is 350 g/mol. The van der Waals surface area contributed by atoms with Crippen LogP contribution in [0.4, 0.5) is 0 Å². The van der Waals surface area contributed by atoms with Gasteiger partial charge in [0.2, 0.25) is 5.91 Å². The summed E-state index contributed by atoms with van der Waals surface area (Å²) in [5.41, 5.74) is 7.13. The van der Waals surface area contributed by atoms with Gasteiger partial charge >= 0.3 is 0 Å². The zero-order chi connectivity index (χ0) is 14.4. The maximum Gasteiger partial charge on any atom is 0.236 e. The van der Waals surface area contributed by atoms with Crippen LogP contribution in [0.25, 0.3) is 10.9 Å². The van der Waals surface area contributed by atoms with Gasteiger partial charge in [0.1, 0.15) is 5.52 Å². The van der Waals surface area contributed by atoms with E-state index in [1.165, 1.54) is 0 Å². The second-order valence-corrected chi connectivity index (χ2v) is 5.62. The van der Waals surface area contributed by atoms with Crippen LogP contribution in [0.2, 0.25) is 10.0 Å². The van der Waals surface area contributed by atoms with Crippen LogP contribution in [0.3, 0.4) is 0 Å². The van der Waals surface area contributed by atoms with Crippen LogP contribution >= 0.6 is 35.6 Å². The minimum Gasteiger partial charge on any atom is -0.331 e. The van der Waals surface area contributed by atoms with Gasteiger partial charge in [-0.05, 0) is 19.1 Å². The highest BCUT2D eigenvalue weighted by Gasteiger charge is 2.30. The molecule has 2 aromatic rings. The predicted octanol–water partition coefficient (Wildman–Crippen LogP) is 2.63. The summed E-state index contributed by atoms with van der Waals surface area (Å²) in [5.74, 6) is -0.0573. The Kier molecular flexibility index (Phi) is 4.68. The molecule has 0 radical (unpaired) electrons. The summed E-state index contributed by atoms with van der Waals surface area (Å²) >= 11 is 12.2.